The topological polar surface area (TPSA) is 20.2 Å². The predicted molar refractivity (Wildman–Crippen MR) is 113 cm³/mol. The van der Waals surface area contributed by atoms with Crippen LogP contribution in [0.2, 0.25) is 0 Å². The van der Waals surface area contributed by atoms with Gasteiger partial charge in [-0.2, -0.15) is 0 Å². The van der Waals surface area contributed by atoms with Crippen molar-refractivity contribution in [3.63, 3.8) is 0 Å². The lowest BCUT2D eigenvalue weighted by Crippen LogP contribution is -2.07. The number of aliphatic hydroxyl groups excluding tert-OH is 1. The molecule has 0 aliphatic heterocycles. The first-order chi connectivity index (χ1) is 12.7. The van der Waals surface area contributed by atoms with E-state index in [-0.39, 0.29) is 6.10 Å². The Kier molecular flexibility index (Phi) is 9.20. The standard InChI is InChI=1S/C25H34O/c1-3-5-6-7-8-10-25(26)20-15-22-13-18-24(19-14-22)23-16-11-21(9-4-2)12-17-23/h4,11-14,16-19,25-26H,2-3,5-10,15,20H2,1H3. The zero-order valence-corrected chi connectivity index (χ0v) is 16.3. The molecule has 0 fully saturated rings. The van der Waals surface area contributed by atoms with E-state index in [4.69, 9.17) is 0 Å². The molecule has 0 heterocycles. The Morgan fingerprint density at radius 3 is 1.96 bits per heavy atom. The molecule has 0 aliphatic rings. The van der Waals surface area contributed by atoms with Crippen LogP contribution in [0.15, 0.2) is 61.2 Å². The van der Waals surface area contributed by atoms with E-state index >= 15 is 0 Å². The lowest BCUT2D eigenvalue weighted by molar-refractivity contribution is 0.151. The van der Waals surface area contributed by atoms with E-state index in [0.29, 0.717) is 0 Å². The summed E-state index contributed by atoms with van der Waals surface area (Å²) in [5.74, 6) is 0. The van der Waals surface area contributed by atoms with Crippen molar-refractivity contribution in [2.24, 2.45) is 0 Å². The molecule has 26 heavy (non-hydrogen) atoms. The summed E-state index contributed by atoms with van der Waals surface area (Å²) in [6.45, 7) is 6.02. The molecule has 2 rings (SSSR count). The Labute approximate surface area is 159 Å². The fourth-order valence-corrected chi connectivity index (χ4v) is 3.32. The number of aliphatic hydroxyl groups is 1. The van der Waals surface area contributed by atoms with Gasteiger partial charge in [0.05, 0.1) is 6.10 Å². The van der Waals surface area contributed by atoms with Crippen LogP contribution in [0.3, 0.4) is 0 Å². The monoisotopic (exact) mass is 350 g/mol. The number of allylic oxidation sites excluding steroid dienone is 1. The molecule has 0 radical (unpaired) electrons. The molecule has 1 nitrogen and oxygen atoms in total. The van der Waals surface area contributed by atoms with Gasteiger partial charge in [-0.1, -0.05) is 93.6 Å². The van der Waals surface area contributed by atoms with Gasteiger partial charge in [0, 0.05) is 0 Å². The molecular weight excluding hydrogens is 316 g/mol. The van der Waals surface area contributed by atoms with Gasteiger partial charge in [-0.25, -0.2) is 0 Å². The van der Waals surface area contributed by atoms with E-state index < -0.39 is 0 Å². The number of rotatable bonds is 12. The van der Waals surface area contributed by atoms with Gasteiger partial charge in [-0.15, -0.1) is 6.58 Å². The first-order valence-electron chi connectivity index (χ1n) is 10.2. The average molecular weight is 351 g/mol. The van der Waals surface area contributed by atoms with E-state index in [1.54, 1.807) is 0 Å². The number of hydrogen-bond donors (Lipinski definition) is 1. The van der Waals surface area contributed by atoms with Crippen molar-refractivity contribution in [1.29, 1.82) is 0 Å². The van der Waals surface area contributed by atoms with Crippen LogP contribution in [-0.4, -0.2) is 11.2 Å². The van der Waals surface area contributed by atoms with E-state index in [9.17, 15) is 5.11 Å². The lowest BCUT2D eigenvalue weighted by Gasteiger charge is -2.11. The maximum atomic E-state index is 10.2. The van der Waals surface area contributed by atoms with Crippen molar-refractivity contribution in [1.82, 2.24) is 0 Å². The molecule has 0 aliphatic carbocycles. The first kappa shape index (κ1) is 20.5. The fourth-order valence-electron chi connectivity index (χ4n) is 3.32. The van der Waals surface area contributed by atoms with Gasteiger partial charge in [0.1, 0.15) is 0 Å². The molecule has 0 saturated carbocycles. The maximum Gasteiger partial charge on any atom is 0.0543 e. The minimum Gasteiger partial charge on any atom is -0.393 e. The first-order valence-corrected chi connectivity index (χ1v) is 10.2. The highest BCUT2D eigenvalue weighted by molar-refractivity contribution is 5.64. The maximum absolute atomic E-state index is 10.2. The van der Waals surface area contributed by atoms with Gasteiger partial charge in [0.15, 0.2) is 0 Å². The molecule has 1 N–H and O–H groups in total. The van der Waals surface area contributed by atoms with Crippen LogP contribution < -0.4 is 0 Å². The number of unbranched alkanes of at least 4 members (excludes halogenated alkanes) is 4. The molecule has 2 aromatic rings. The van der Waals surface area contributed by atoms with Crippen molar-refractivity contribution in [2.45, 2.75) is 70.8 Å². The summed E-state index contributed by atoms with van der Waals surface area (Å²) in [5, 5.41) is 10.2. The Bertz CT molecular complexity index is 624. The molecule has 0 aromatic heterocycles. The van der Waals surface area contributed by atoms with Crippen LogP contribution in [0.1, 0.15) is 63.0 Å². The quantitative estimate of drug-likeness (QED) is 0.332. The highest BCUT2D eigenvalue weighted by atomic mass is 16.3. The minimum absolute atomic E-state index is 0.159. The van der Waals surface area contributed by atoms with Crippen LogP contribution >= 0.6 is 0 Å². The van der Waals surface area contributed by atoms with E-state index in [2.05, 4.69) is 62.0 Å². The number of hydrogen-bond acceptors (Lipinski definition) is 1. The molecule has 1 atom stereocenters. The van der Waals surface area contributed by atoms with Gasteiger partial charge in [-0.3, -0.25) is 0 Å². The van der Waals surface area contributed by atoms with Gasteiger partial charge in [0.2, 0.25) is 0 Å². The molecule has 1 heteroatoms. The van der Waals surface area contributed by atoms with Crippen LogP contribution in [-0.2, 0) is 12.8 Å². The minimum atomic E-state index is -0.159. The molecule has 0 spiro atoms. The van der Waals surface area contributed by atoms with Crippen molar-refractivity contribution in [2.75, 3.05) is 0 Å². The number of aryl methyl sites for hydroxylation is 1. The molecule has 0 saturated heterocycles. The third kappa shape index (κ3) is 7.17. The molecule has 2 aromatic carbocycles. The van der Waals surface area contributed by atoms with Crippen molar-refractivity contribution in [3.8, 4) is 11.1 Å². The normalized spacial score (nSPS) is 12.1. The Hall–Kier alpha value is -1.86. The third-order valence-electron chi connectivity index (χ3n) is 5.03. The molecule has 0 amide bonds. The van der Waals surface area contributed by atoms with Crippen molar-refractivity contribution < 1.29 is 5.11 Å². The second-order valence-corrected chi connectivity index (χ2v) is 7.28. The van der Waals surface area contributed by atoms with E-state index in [1.807, 2.05) is 6.08 Å². The smallest absolute Gasteiger partial charge is 0.0543 e. The highest BCUT2D eigenvalue weighted by Crippen LogP contribution is 2.21. The summed E-state index contributed by atoms with van der Waals surface area (Å²) >= 11 is 0. The Balaban J connectivity index is 1.77. The van der Waals surface area contributed by atoms with Crippen LogP contribution in [0.4, 0.5) is 0 Å². The zero-order chi connectivity index (χ0) is 18.6. The van der Waals surface area contributed by atoms with Crippen LogP contribution in [0.5, 0.6) is 0 Å². The fraction of sp³-hybridized carbons (Fsp3) is 0.440. The van der Waals surface area contributed by atoms with Crippen molar-refractivity contribution >= 4 is 0 Å². The molecule has 140 valence electrons. The largest absolute Gasteiger partial charge is 0.393 e. The summed E-state index contributed by atoms with van der Waals surface area (Å²) in [4.78, 5) is 0. The lowest BCUT2D eigenvalue weighted by atomic mass is 9.98. The summed E-state index contributed by atoms with van der Waals surface area (Å²) < 4.78 is 0. The van der Waals surface area contributed by atoms with Crippen LogP contribution in [0.25, 0.3) is 11.1 Å². The Morgan fingerprint density at radius 2 is 1.38 bits per heavy atom. The summed E-state index contributed by atoms with van der Waals surface area (Å²) in [5.41, 5.74) is 5.10. The van der Waals surface area contributed by atoms with Gasteiger partial charge < -0.3 is 5.11 Å². The second-order valence-electron chi connectivity index (χ2n) is 7.28. The molecule has 1 unspecified atom stereocenters. The highest BCUT2D eigenvalue weighted by Gasteiger charge is 2.05. The van der Waals surface area contributed by atoms with Gasteiger partial charge in [-0.05, 0) is 47.9 Å². The van der Waals surface area contributed by atoms with E-state index in [0.717, 1.165) is 32.1 Å². The zero-order valence-electron chi connectivity index (χ0n) is 16.3. The number of benzene rings is 2. The second kappa shape index (κ2) is 11.7. The predicted octanol–water partition coefficient (Wildman–Crippen LogP) is 6.74. The van der Waals surface area contributed by atoms with Gasteiger partial charge >= 0.3 is 0 Å². The SMILES string of the molecule is C=CCc1ccc(-c2ccc(CCC(O)CCCCCCC)cc2)cc1. The summed E-state index contributed by atoms with van der Waals surface area (Å²) in [7, 11) is 0. The molecule has 0 bridgehead atoms. The van der Waals surface area contributed by atoms with Crippen LogP contribution in [0, 0.1) is 0 Å². The average Bonchev–Trinajstić information content (AvgIpc) is 2.67. The third-order valence-corrected chi connectivity index (χ3v) is 5.03. The Morgan fingerprint density at radius 1 is 0.808 bits per heavy atom. The van der Waals surface area contributed by atoms with E-state index in [1.165, 1.54) is 47.9 Å². The molecular formula is C25H34O. The summed E-state index contributed by atoms with van der Waals surface area (Å²) in [6, 6.07) is 17.5. The summed E-state index contributed by atoms with van der Waals surface area (Å²) in [6.07, 6.45) is 11.8. The van der Waals surface area contributed by atoms with Gasteiger partial charge in [0.25, 0.3) is 0 Å². The van der Waals surface area contributed by atoms with Crippen molar-refractivity contribution in [3.05, 3.63) is 72.3 Å².